The van der Waals surface area contributed by atoms with Gasteiger partial charge in [-0.25, -0.2) is 4.79 Å². The maximum atomic E-state index is 12.2. The Morgan fingerprint density at radius 2 is 1.42 bits per heavy atom. The van der Waals surface area contributed by atoms with Gasteiger partial charge < -0.3 is 4.57 Å². The zero-order valence-corrected chi connectivity index (χ0v) is 14.7. The van der Waals surface area contributed by atoms with Crippen molar-refractivity contribution in [1.29, 1.82) is 0 Å². The van der Waals surface area contributed by atoms with Gasteiger partial charge in [-0.05, 0) is 31.9 Å². The quantitative estimate of drug-likeness (QED) is 0.604. The Morgan fingerprint density at radius 3 is 2.04 bits per heavy atom. The van der Waals surface area contributed by atoms with Gasteiger partial charge in [0.15, 0.2) is 0 Å². The summed E-state index contributed by atoms with van der Waals surface area (Å²) >= 11 is 0. The predicted molar refractivity (Wildman–Crippen MR) is 96.3 cm³/mol. The second-order valence-electron chi connectivity index (χ2n) is 6.49. The fourth-order valence-corrected chi connectivity index (χ4v) is 3.13. The molecular weight excluding hydrogens is 334 g/mol. The van der Waals surface area contributed by atoms with E-state index in [0.29, 0.717) is 29.8 Å². The first-order valence-corrected chi connectivity index (χ1v) is 8.74. The van der Waals surface area contributed by atoms with Gasteiger partial charge in [0.05, 0.1) is 11.1 Å². The number of H-pyrrole nitrogens is 1. The van der Waals surface area contributed by atoms with Crippen LogP contribution in [0.2, 0.25) is 0 Å². The molecule has 1 aliphatic heterocycles. The second-order valence-corrected chi connectivity index (χ2v) is 6.49. The van der Waals surface area contributed by atoms with Crippen LogP contribution in [0.4, 0.5) is 0 Å². The van der Waals surface area contributed by atoms with Gasteiger partial charge in [-0.2, -0.15) is 0 Å². The maximum absolute atomic E-state index is 12.2. The molecule has 1 aromatic carbocycles. The Labute approximate surface area is 150 Å². The number of carbonyl (C=O) groups excluding carboxylic acids is 2. The van der Waals surface area contributed by atoms with E-state index < -0.39 is 5.69 Å². The van der Waals surface area contributed by atoms with Crippen LogP contribution in [0.5, 0.6) is 0 Å². The SMILES string of the molecule is Cc1cn(CCCCCCN2C(=O)c3ccccc3C2=O)c(=O)[nH]c1=O. The van der Waals surface area contributed by atoms with Crippen LogP contribution in [0.3, 0.4) is 0 Å². The van der Waals surface area contributed by atoms with Crippen molar-refractivity contribution in [1.82, 2.24) is 14.5 Å². The lowest BCUT2D eigenvalue weighted by Crippen LogP contribution is -2.31. The van der Waals surface area contributed by atoms with Crippen molar-refractivity contribution in [3.63, 3.8) is 0 Å². The van der Waals surface area contributed by atoms with E-state index in [4.69, 9.17) is 0 Å². The minimum absolute atomic E-state index is 0.221. The number of carbonyl (C=O) groups is 2. The molecule has 0 fully saturated rings. The Hall–Kier alpha value is -2.96. The number of benzene rings is 1. The number of imide groups is 1. The molecule has 3 rings (SSSR count). The molecule has 0 spiro atoms. The molecule has 26 heavy (non-hydrogen) atoms. The molecule has 2 heterocycles. The highest BCUT2D eigenvalue weighted by Crippen LogP contribution is 2.22. The summed E-state index contributed by atoms with van der Waals surface area (Å²) in [5.74, 6) is -0.443. The normalized spacial score (nSPS) is 13.3. The minimum Gasteiger partial charge on any atom is -0.300 e. The molecule has 0 radical (unpaired) electrons. The Morgan fingerprint density at radius 1 is 0.846 bits per heavy atom. The van der Waals surface area contributed by atoms with Crippen molar-refractivity contribution >= 4 is 11.8 Å². The van der Waals surface area contributed by atoms with Crippen LogP contribution in [0.15, 0.2) is 40.1 Å². The maximum Gasteiger partial charge on any atom is 0.328 e. The largest absolute Gasteiger partial charge is 0.328 e. The van der Waals surface area contributed by atoms with Gasteiger partial charge in [0, 0.05) is 24.8 Å². The van der Waals surface area contributed by atoms with Crippen molar-refractivity contribution < 1.29 is 9.59 Å². The summed E-state index contributed by atoms with van der Waals surface area (Å²) in [7, 11) is 0. The molecule has 0 atom stereocenters. The molecule has 0 saturated carbocycles. The van der Waals surface area contributed by atoms with Gasteiger partial charge in [-0.1, -0.05) is 25.0 Å². The zero-order valence-electron chi connectivity index (χ0n) is 14.7. The first-order chi connectivity index (χ1) is 12.5. The number of fused-ring (bicyclic) bond motifs is 1. The molecule has 7 nitrogen and oxygen atoms in total. The topological polar surface area (TPSA) is 92.2 Å². The number of nitrogens with one attached hydrogen (secondary N) is 1. The molecule has 1 aromatic heterocycles. The minimum atomic E-state index is -0.397. The number of aromatic nitrogens is 2. The van der Waals surface area contributed by atoms with Crippen LogP contribution in [0, 0.1) is 6.92 Å². The van der Waals surface area contributed by atoms with E-state index in [-0.39, 0.29) is 17.4 Å². The predicted octanol–water partition coefficient (Wildman–Crippen LogP) is 1.70. The van der Waals surface area contributed by atoms with Crippen molar-refractivity contribution in [2.45, 2.75) is 39.2 Å². The van der Waals surface area contributed by atoms with Crippen LogP contribution in [0.1, 0.15) is 52.0 Å². The van der Waals surface area contributed by atoms with E-state index in [1.807, 2.05) is 0 Å². The number of unbranched alkanes of at least 4 members (excludes halogenated alkanes) is 3. The summed E-state index contributed by atoms with van der Waals surface area (Å²) in [6, 6.07) is 6.88. The number of rotatable bonds is 7. The Bertz CT molecular complexity index is 923. The smallest absolute Gasteiger partial charge is 0.300 e. The molecule has 0 aliphatic carbocycles. The van der Waals surface area contributed by atoms with Crippen LogP contribution < -0.4 is 11.2 Å². The monoisotopic (exact) mass is 355 g/mol. The third-order valence-electron chi connectivity index (χ3n) is 4.60. The highest BCUT2D eigenvalue weighted by molar-refractivity contribution is 6.21. The highest BCUT2D eigenvalue weighted by atomic mass is 16.2. The van der Waals surface area contributed by atoms with E-state index in [1.165, 1.54) is 9.47 Å². The lowest BCUT2D eigenvalue weighted by atomic mass is 10.1. The molecule has 7 heteroatoms. The Kier molecular flexibility index (Phi) is 5.16. The van der Waals surface area contributed by atoms with Gasteiger partial charge in [0.25, 0.3) is 17.4 Å². The third kappa shape index (κ3) is 3.51. The van der Waals surface area contributed by atoms with Crippen molar-refractivity contribution in [3.8, 4) is 0 Å². The summed E-state index contributed by atoms with van der Waals surface area (Å²) in [6.45, 7) is 2.60. The fraction of sp³-hybridized carbons (Fsp3) is 0.368. The molecule has 2 aromatic rings. The molecule has 2 amide bonds. The molecular formula is C19H21N3O4. The number of nitrogens with zero attached hydrogens (tertiary/aromatic N) is 2. The van der Waals surface area contributed by atoms with Crippen LogP contribution in [-0.2, 0) is 6.54 Å². The van der Waals surface area contributed by atoms with E-state index in [0.717, 1.165) is 25.7 Å². The van der Waals surface area contributed by atoms with Gasteiger partial charge >= 0.3 is 5.69 Å². The first kappa shape index (κ1) is 17.8. The molecule has 1 aliphatic rings. The third-order valence-corrected chi connectivity index (χ3v) is 4.60. The highest BCUT2D eigenvalue weighted by Gasteiger charge is 2.34. The number of aryl methyl sites for hydroxylation is 2. The van der Waals surface area contributed by atoms with Gasteiger partial charge in [0.2, 0.25) is 0 Å². The summed E-state index contributed by atoms with van der Waals surface area (Å²) in [4.78, 5) is 51.1. The van der Waals surface area contributed by atoms with Crippen molar-refractivity contribution in [3.05, 3.63) is 68.0 Å². The van der Waals surface area contributed by atoms with Gasteiger partial charge in [0.1, 0.15) is 0 Å². The fourth-order valence-electron chi connectivity index (χ4n) is 3.13. The van der Waals surface area contributed by atoms with Crippen LogP contribution >= 0.6 is 0 Å². The average molecular weight is 355 g/mol. The summed E-state index contributed by atoms with van der Waals surface area (Å²) in [6.07, 6.45) is 4.80. The lowest BCUT2D eigenvalue weighted by molar-refractivity contribution is 0.0651. The summed E-state index contributed by atoms with van der Waals surface area (Å²) in [5.41, 5.74) is 0.713. The number of hydrogen-bond acceptors (Lipinski definition) is 4. The molecule has 1 N–H and O–H groups in total. The lowest BCUT2D eigenvalue weighted by Gasteiger charge is -2.13. The zero-order chi connectivity index (χ0) is 18.7. The number of amides is 2. The Balaban J connectivity index is 1.44. The number of aromatic amines is 1. The van der Waals surface area contributed by atoms with E-state index >= 15 is 0 Å². The summed E-state index contributed by atoms with van der Waals surface area (Å²) in [5, 5.41) is 0. The van der Waals surface area contributed by atoms with Gasteiger partial charge in [-0.15, -0.1) is 0 Å². The van der Waals surface area contributed by atoms with Crippen LogP contribution in [-0.4, -0.2) is 32.8 Å². The molecule has 0 bridgehead atoms. The van der Waals surface area contributed by atoms with Crippen LogP contribution in [0.25, 0.3) is 0 Å². The van der Waals surface area contributed by atoms with Crippen molar-refractivity contribution in [2.24, 2.45) is 0 Å². The summed E-state index contributed by atoms with van der Waals surface area (Å²) < 4.78 is 1.50. The van der Waals surface area contributed by atoms with E-state index in [1.54, 1.807) is 37.4 Å². The first-order valence-electron chi connectivity index (χ1n) is 8.74. The average Bonchev–Trinajstić information content (AvgIpc) is 2.87. The molecule has 0 unspecified atom stereocenters. The standard InChI is InChI=1S/C19H21N3O4/c1-13-12-21(19(26)20-16(13)23)10-6-2-3-7-11-22-17(24)14-8-4-5-9-15(14)18(22)25/h4-5,8-9,12H,2-3,6-7,10-11H2,1H3,(H,20,23,26). The number of hydrogen-bond donors (Lipinski definition) is 1. The van der Waals surface area contributed by atoms with Gasteiger partial charge in [-0.3, -0.25) is 24.3 Å². The second kappa shape index (κ2) is 7.51. The van der Waals surface area contributed by atoms with Crippen molar-refractivity contribution in [2.75, 3.05) is 6.54 Å². The molecule has 136 valence electrons. The van der Waals surface area contributed by atoms with E-state index in [9.17, 15) is 19.2 Å². The molecule has 0 saturated heterocycles. The van der Waals surface area contributed by atoms with E-state index in [2.05, 4.69) is 4.98 Å².